The number of nitrogens with one attached hydrogen (secondary N) is 1. The molecule has 162 valence electrons. The normalized spacial score (nSPS) is 15.1. The van der Waals surface area contributed by atoms with Gasteiger partial charge in [0.05, 0.1) is 11.3 Å². The predicted molar refractivity (Wildman–Crippen MR) is 119 cm³/mol. The summed E-state index contributed by atoms with van der Waals surface area (Å²) >= 11 is 1.38. The number of benzene rings is 2. The van der Waals surface area contributed by atoms with Crippen LogP contribution in [0.2, 0.25) is 0 Å². The maximum atomic E-state index is 13.0. The predicted octanol–water partition coefficient (Wildman–Crippen LogP) is 4.97. The third kappa shape index (κ3) is 5.65. The Morgan fingerprint density at radius 2 is 1.94 bits per heavy atom. The minimum atomic E-state index is -0.465. The lowest BCUT2D eigenvalue weighted by Crippen LogP contribution is -2.37. The van der Waals surface area contributed by atoms with Gasteiger partial charge in [-0.15, -0.1) is 0 Å². The number of aromatic nitrogens is 1. The molecule has 4 rings (SSSR count). The number of hydrogen-bond acceptors (Lipinski definition) is 6. The Morgan fingerprint density at radius 3 is 2.71 bits per heavy atom. The number of nitrogens with zero attached hydrogens (tertiary/aromatic N) is 2. The van der Waals surface area contributed by atoms with Gasteiger partial charge in [0.15, 0.2) is 5.78 Å². The second-order valence-electron chi connectivity index (χ2n) is 7.68. The number of rotatable bonds is 7. The Labute approximate surface area is 184 Å². The Balaban J connectivity index is 1.13. The summed E-state index contributed by atoms with van der Waals surface area (Å²) in [7, 11) is 0. The molecule has 6 nitrogen and oxygen atoms in total. The van der Waals surface area contributed by atoms with E-state index >= 15 is 0 Å². The van der Waals surface area contributed by atoms with E-state index in [-0.39, 0.29) is 17.5 Å². The van der Waals surface area contributed by atoms with Gasteiger partial charge in [0.2, 0.25) is 0 Å². The molecule has 0 saturated carbocycles. The highest BCUT2D eigenvalue weighted by Crippen LogP contribution is 2.23. The smallest absolute Gasteiger partial charge is 0.411 e. The SMILES string of the molecule is O=C(Nc1ccc2cnsc2c1)OCCCN1CCC(C(=O)c2ccc(F)cc2)CC1. The first-order valence-electron chi connectivity index (χ1n) is 10.4. The summed E-state index contributed by atoms with van der Waals surface area (Å²) in [5, 5.41) is 3.79. The van der Waals surface area contributed by atoms with Gasteiger partial charge in [-0.1, -0.05) is 0 Å². The van der Waals surface area contributed by atoms with Gasteiger partial charge in [0.1, 0.15) is 5.82 Å². The first kappa shape index (κ1) is 21.4. The summed E-state index contributed by atoms with van der Waals surface area (Å²) in [5.74, 6) is -0.251. The number of halogens is 1. The Bertz CT molecular complexity index is 1050. The summed E-state index contributed by atoms with van der Waals surface area (Å²) in [6.45, 7) is 2.82. The summed E-state index contributed by atoms with van der Waals surface area (Å²) < 4.78 is 23.5. The first-order chi connectivity index (χ1) is 15.1. The largest absolute Gasteiger partial charge is 0.449 e. The van der Waals surface area contributed by atoms with E-state index in [0.29, 0.717) is 17.9 Å². The Morgan fingerprint density at radius 1 is 1.16 bits per heavy atom. The molecule has 2 heterocycles. The van der Waals surface area contributed by atoms with E-state index in [1.807, 2.05) is 18.2 Å². The second-order valence-corrected chi connectivity index (χ2v) is 8.51. The molecular formula is C23H24FN3O3S. The van der Waals surface area contributed by atoms with Gasteiger partial charge in [0.25, 0.3) is 0 Å². The van der Waals surface area contributed by atoms with Crippen LogP contribution in [-0.2, 0) is 4.74 Å². The highest BCUT2D eigenvalue weighted by atomic mass is 32.1. The van der Waals surface area contributed by atoms with Crippen molar-refractivity contribution in [1.82, 2.24) is 9.27 Å². The van der Waals surface area contributed by atoms with Gasteiger partial charge >= 0.3 is 6.09 Å². The van der Waals surface area contributed by atoms with Gasteiger partial charge < -0.3 is 9.64 Å². The van der Waals surface area contributed by atoms with Crippen LogP contribution < -0.4 is 5.32 Å². The number of carbonyl (C=O) groups excluding carboxylic acids is 2. The quantitative estimate of drug-likeness (QED) is 0.414. The number of ketones is 1. The molecule has 1 N–H and O–H groups in total. The van der Waals surface area contributed by atoms with E-state index in [2.05, 4.69) is 14.6 Å². The van der Waals surface area contributed by atoms with E-state index in [1.54, 1.807) is 18.3 Å². The molecule has 3 aromatic rings. The fourth-order valence-electron chi connectivity index (χ4n) is 3.81. The lowest BCUT2D eigenvalue weighted by molar-refractivity contribution is 0.0830. The van der Waals surface area contributed by atoms with E-state index in [1.165, 1.54) is 23.7 Å². The number of anilines is 1. The molecule has 31 heavy (non-hydrogen) atoms. The van der Waals surface area contributed by atoms with Crippen molar-refractivity contribution in [2.75, 3.05) is 31.6 Å². The van der Waals surface area contributed by atoms with Crippen LogP contribution in [0, 0.1) is 11.7 Å². The van der Waals surface area contributed by atoms with Crippen LogP contribution in [-0.4, -0.2) is 47.4 Å². The molecule has 1 aromatic heterocycles. The zero-order valence-corrected chi connectivity index (χ0v) is 17.9. The van der Waals surface area contributed by atoms with Crippen LogP contribution in [0.25, 0.3) is 10.1 Å². The van der Waals surface area contributed by atoms with Gasteiger partial charge in [0, 0.05) is 35.3 Å². The highest BCUT2D eigenvalue weighted by molar-refractivity contribution is 7.13. The summed E-state index contributed by atoms with van der Waals surface area (Å²) in [6, 6.07) is 11.4. The standard InChI is InChI=1S/C23H24FN3O3S/c24-19-5-2-16(3-6-19)22(28)17-8-11-27(12-9-17)10-1-13-30-23(29)26-20-7-4-18-15-25-31-21(18)14-20/h2-7,14-15,17H,1,8-13H2,(H,26,29). The number of likely N-dealkylation sites (tertiary alicyclic amines) is 1. The van der Waals surface area contributed by atoms with Crippen LogP contribution >= 0.6 is 11.5 Å². The van der Waals surface area contributed by atoms with Crippen molar-refractivity contribution in [3.63, 3.8) is 0 Å². The van der Waals surface area contributed by atoms with E-state index in [0.717, 1.165) is 49.0 Å². The number of Topliss-reactive ketones (excluding diaryl/α,β-unsaturated/α-hetero) is 1. The van der Waals surface area contributed by atoms with Crippen LogP contribution in [0.3, 0.4) is 0 Å². The van der Waals surface area contributed by atoms with Crippen LogP contribution in [0.1, 0.15) is 29.6 Å². The van der Waals surface area contributed by atoms with Crippen molar-refractivity contribution in [3.05, 3.63) is 60.0 Å². The molecule has 1 fully saturated rings. The molecular weight excluding hydrogens is 417 g/mol. The average Bonchev–Trinajstić information content (AvgIpc) is 3.25. The minimum absolute atomic E-state index is 0.0142. The van der Waals surface area contributed by atoms with Gasteiger partial charge in [-0.2, -0.15) is 4.37 Å². The van der Waals surface area contributed by atoms with Crippen molar-refractivity contribution in [2.45, 2.75) is 19.3 Å². The molecule has 1 aliphatic heterocycles. The number of carbonyl (C=O) groups is 2. The second kappa shape index (κ2) is 9.98. The maximum absolute atomic E-state index is 13.0. The molecule has 0 unspecified atom stereocenters. The number of fused-ring (bicyclic) bond motifs is 1. The van der Waals surface area contributed by atoms with E-state index in [9.17, 15) is 14.0 Å². The van der Waals surface area contributed by atoms with Crippen LogP contribution in [0.4, 0.5) is 14.9 Å². The van der Waals surface area contributed by atoms with Crippen molar-refractivity contribution < 1.29 is 18.7 Å². The minimum Gasteiger partial charge on any atom is -0.449 e. The molecule has 1 saturated heterocycles. The Kier molecular flexibility index (Phi) is 6.89. The molecule has 1 aliphatic rings. The van der Waals surface area contributed by atoms with Crippen molar-refractivity contribution in [1.29, 1.82) is 0 Å². The Hall–Kier alpha value is -2.84. The third-order valence-electron chi connectivity index (χ3n) is 5.54. The zero-order valence-electron chi connectivity index (χ0n) is 17.1. The molecule has 1 amide bonds. The molecule has 0 atom stereocenters. The first-order valence-corrected chi connectivity index (χ1v) is 11.2. The van der Waals surface area contributed by atoms with Crippen molar-refractivity contribution in [2.24, 2.45) is 5.92 Å². The molecule has 0 bridgehead atoms. The average molecular weight is 442 g/mol. The molecule has 0 aliphatic carbocycles. The maximum Gasteiger partial charge on any atom is 0.411 e. The number of piperidine rings is 1. The molecule has 2 aromatic carbocycles. The summed E-state index contributed by atoms with van der Waals surface area (Å²) in [6.07, 6.45) is 3.64. The summed E-state index contributed by atoms with van der Waals surface area (Å²) in [4.78, 5) is 26.8. The number of hydrogen-bond donors (Lipinski definition) is 1. The van der Waals surface area contributed by atoms with Crippen LogP contribution in [0.15, 0.2) is 48.7 Å². The van der Waals surface area contributed by atoms with Gasteiger partial charge in [-0.25, -0.2) is 9.18 Å². The van der Waals surface area contributed by atoms with Gasteiger partial charge in [-0.05, 0) is 86.3 Å². The van der Waals surface area contributed by atoms with E-state index < -0.39 is 6.09 Å². The summed E-state index contributed by atoms with van der Waals surface area (Å²) in [5.41, 5.74) is 1.27. The molecule has 0 spiro atoms. The van der Waals surface area contributed by atoms with E-state index in [4.69, 9.17) is 4.74 Å². The third-order valence-corrected chi connectivity index (χ3v) is 6.30. The number of ether oxygens (including phenoxy) is 1. The zero-order chi connectivity index (χ0) is 21.6. The lowest BCUT2D eigenvalue weighted by Gasteiger charge is -2.31. The van der Waals surface area contributed by atoms with Crippen LogP contribution in [0.5, 0.6) is 0 Å². The topological polar surface area (TPSA) is 71.5 Å². The molecule has 0 radical (unpaired) electrons. The van der Waals surface area contributed by atoms with Gasteiger partial charge in [-0.3, -0.25) is 10.1 Å². The van der Waals surface area contributed by atoms with Crippen molar-refractivity contribution >= 4 is 39.2 Å². The fraction of sp³-hybridized carbons (Fsp3) is 0.348. The van der Waals surface area contributed by atoms with Crippen molar-refractivity contribution in [3.8, 4) is 0 Å². The highest BCUT2D eigenvalue weighted by Gasteiger charge is 2.25. The molecule has 8 heteroatoms. The lowest BCUT2D eigenvalue weighted by atomic mass is 9.89. The fourth-order valence-corrected chi connectivity index (χ4v) is 4.50. The monoisotopic (exact) mass is 441 g/mol. The number of amides is 1.